The zero-order valence-corrected chi connectivity index (χ0v) is 12.6. The van der Waals surface area contributed by atoms with E-state index in [-0.39, 0.29) is 0 Å². The molecule has 0 spiro atoms. The maximum absolute atomic E-state index is 9.00. The van der Waals surface area contributed by atoms with Gasteiger partial charge in [-0.3, -0.25) is 0 Å². The topological polar surface area (TPSA) is 41.5 Å². The molecule has 3 nitrogen and oxygen atoms in total. The van der Waals surface area contributed by atoms with Crippen LogP contribution in [0.1, 0.15) is 44.1 Å². The normalized spacial score (nSPS) is 23.1. The molecule has 2 rings (SSSR count). The smallest absolute Gasteiger partial charge is 0.119 e. The Hall–Kier alpha value is -1.06. The van der Waals surface area contributed by atoms with Crippen molar-refractivity contribution in [2.24, 2.45) is 5.92 Å². The first-order chi connectivity index (χ1) is 9.76. The van der Waals surface area contributed by atoms with Crippen molar-refractivity contribution < 1.29 is 9.84 Å². The average Bonchev–Trinajstić information content (AvgIpc) is 2.44. The van der Waals surface area contributed by atoms with E-state index in [0.717, 1.165) is 25.1 Å². The Kier molecular flexibility index (Phi) is 5.86. The van der Waals surface area contributed by atoms with Gasteiger partial charge in [0.05, 0.1) is 7.11 Å². The van der Waals surface area contributed by atoms with Gasteiger partial charge in [0.25, 0.3) is 0 Å². The van der Waals surface area contributed by atoms with E-state index >= 15 is 0 Å². The van der Waals surface area contributed by atoms with Crippen LogP contribution in [0.5, 0.6) is 5.75 Å². The van der Waals surface area contributed by atoms with Crippen molar-refractivity contribution in [1.29, 1.82) is 0 Å². The molecule has 0 bridgehead atoms. The summed E-state index contributed by atoms with van der Waals surface area (Å²) in [6, 6.07) is 9.06. The Labute approximate surface area is 122 Å². The first-order valence-corrected chi connectivity index (χ1v) is 7.75. The van der Waals surface area contributed by atoms with Crippen molar-refractivity contribution in [1.82, 2.24) is 5.32 Å². The van der Waals surface area contributed by atoms with Crippen molar-refractivity contribution >= 4 is 0 Å². The third kappa shape index (κ3) is 3.97. The number of hydrogen-bond donors (Lipinski definition) is 2. The molecule has 1 aromatic rings. The van der Waals surface area contributed by atoms with Crippen LogP contribution in [0.4, 0.5) is 0 Å². The number of aliphatic hydroxyl groups excluding tert-OH is 1. The Bertz CT molecular complexity index is 402. The van der Waals surface area contributed by atoms with Crippen LogP contribution in [0, 0.1) is 5.92 Å². The number of hydrogen-bond acceptors (Lipinski definition) is 3. The Morgan fingerprint density at radius 1 is 1.40 bits per heavy atom. The van der Waals surface area contributed by atoms with Crippen molar-refractivity contribution in [3.05, 3.63) is 29.8 Å². The molecule has 1 aliphatic carbocycles. The van der Waals surface area contributed by atoms with Gasteiger partial charge in [-0.25, -0.2) is 0 Å². The summed E-state index contributed by atoms with van der Waals surface area (Å²) in [6.45, 7) is 3.53. The molecule has 0 saturated heterocycles. The number of benzene rings is 1. The summed E-state index contributed by atoms with van der Waals surface area (Å²) < 4.78 is 5.28. The van der Waals surface area contributed by atoms with E-state index in [1.165, 1.54) is 18.4 Å². The predicted octanol–water partition coefficient (Wildman–Crippen LogP) is 2.94. The summed E-state index contributed by atoms with van der Waals surface area (Å²) in [6.07, 6.45) is 4.47. The molecule has 0 amide bonds. The molecular formula is C17H27NO2. The third-order valence-corrected chi connectivity index (χ3v) is 4.51. The van der Waals surface area contributed by atoms with E-state index in [0.29, 0.717) is 24.5 Å². The lowest BCUT2D eigenvalue weighted by Crippen LogP contribution is -2.42. The molecule has 3 heteroatoms. The standard InChI is InChI=1S/C17H27NO2/c1-3-13(7-8-19)12-18-16-9-15(10-16)14-5-4-6-17(11-14)20-2/h4-6,11,13,15-16,18-19H,3,7-10,12H2,1-2H3. The molecule has 0 radical (unpaired) electrons. The molecule has 1 atom stereocenters. The van der Waals surface area contributed by atoms with Gasteiger partial charge in [-0.05, 0) is 55.3 Å². The molecule has 0 heterocycles. The number of rotatable bonds is 8. The summed E-state index contributed by atoms with van der Waals surface area (Å²) in [5.41, 5.74) is 1.39. The van der Waals surface area contributed by atoms with Crippen molar-refractivity contribution in [3.8, 4) is 5.75 Å². The second-order valence-electron chi connectivity index (χ2n) is 5.84. The quantitative estimate of drug-likeness (QED) is 0.767. The van der Waals surface area contributed by atoms with Crippen LogP contribution in [-0.4, -0.2) is 31.4 Å². The molecule has 20 heavy (non-hydrogen) atoms. The fraction of sp³-hybridized carbons (Fsp3) is 0.647. The maximum Gasteiger partial charge on any atom is 0.119 e. The van der Waals surface area contributed by atoms with E-state index in [1.807, 2.05) is 6.07 Å². The van der Waals surface area contributed by atoms with Crippen LogP contribution in [0.2, 0.25) is 0 Å². The first kappa shape index (κ1) is 15.3. The van der Waals surface area contributed by atoms with Gasteiger partial charge in [0.2, 0.25) is 0 Å². The van der Waals surface area contributed by atoms with Crippen molar-refractivity contribution in [2.75, 3.05) is 20.3 Å². The van der Waals surface area contributed by atoms with Crippen molar-refractivity contribution in [2.45, 2.75) is 44.6 Å². The molecule has 1 aromatic carbocycles. The summed E-state index contributed by atoms with van der Waals surface area (Å²) in [4.78, 5) is 0. The number of methoxy groups -OCH3 is 1. The highest BCUT2D eigenvalue weighted by Gasteiger charge is 2.30. The highest BCUT2D eigenvalue weighted by atomic mass is 16.5. The molecule has 2 N–H and O–H groups in total. The van der Waals surface area contributed by atoms with Crippen LogP contribution >= 0.6 is 0 Å². The van der Waals surface area contributed by atoms with Gasteiger partial charge < -0.3 is 15.2 Å². The number of ether oxygens (including phenoxy) is 1. The second kappa shape index (κ2) is 7.65. The van der Waals surface area contributed by atoms with Crippen LogP contribution in [-0.2, 0) is 0 Å². The largest absolute Gasteiger partial charge is 0.497 e. The van der Waals surface area contributed by atoms with Crippen LogP contribution in [0.25, 0.3) is 0 Å². The number of aliphatic hydroxyl groups is 1. The third-order valence-electron chi connectivity index (χ3n) is 4.51. The van der Waals surface area contributed by atoms with Gasteiger partial charge in [-0.15, -0.1) is 0 Å². The highest BCUT2D eigenvalue weighted by Crippen LogP contribution is 2.38. The monoisotopic (exact) mass is 277 g/mol. The van der Waals surface area contributed by atoms with Crippen molar-refractivity contribution in [3.63, 3.8) is 0 Å². The highest BCUT2D eigenvalue weighted by molar-refractivity contribution is 5.32. The number of nitrogens with one attached hydrogen (secondary N) is 1. The van der Waals surface area contributed by atoms with Gasteiger partial charge in [-0.1, -0.05) is 25.5 Å². The minimum absolute atomic E-state index is 0.303. The van der Waals surface area contributed by atoms with Crippen LogP contribution in [0.15, 0.2) is 24.3 Å². The minimum atomic E-state index is 0.303. The van der Waals surface area contributed by atoms with Gasteiger partial charge in [-0.2, -0.15) is 0 Å². The molecule has 1 aliphatic rings. The molecule has 1 fully saturated rings. The first-order valence-electron chi connectivity index (χ1n) is 7.75. The summed E-state index contributed by atoms with van der Waals surface area (Å²) in [7, 11) is 1.72. The fourth-order valence-corrected chi connectivity index (χ4v) is 2.92. The molecule has 0 aliphatic heterocycles. The molecule has 0 aromatic heterocycles. The predicted molar refractivity (Wildman–Crippen MR) is 82.2 cm³/mol. The van der Waals surface area contributed by atoms with E-state index in [9.17, 15) is 0 Å². The molecule has 1 saturated carbocycles. The van der Waals surface area contributed by atoms with Gasteiger partial charge in [0.15, 0.2) is 0 Å². The van der Waals surface area contributed by atoms with Crippen LogP contribution < -0.4 is 10.1 Å². The van der Waals surface area contributed by atoms with Gasteiger partial charge >= 0.3 is 0 Å². The summed E-state index contributed by atoms with van der Waals surface area (Å²) in [5, 5.41) is 12.6. The Morgan fingerprint density at radius 2 is 2.20 bits per heavy atom. The minimum Gasteiger partial charge on any atom is -0.497 e. The zero-order valence-electron chi connectivity index (χ0n) is 12.6. The molecular weight excluding hydrogens is 250 g/mol. The summed E-state index contributed by atoms with van der Waals surface area (Å²) >= 11 is 0. The zero-order chi connectivity index (χ0) is 14.4. The van der Waals surface area contributed by atoms with E-state index in [1.54, 1.807) is 7.11 Å². The lowest BCUT2D eigenvalue weighted by Gasteiger charge is -2.37. The molecule has 112 valence electrons. The maximum atomic E-state index is 9.00. The van der Waals surface area contributed by atoms with E-state index in [4.69, 9.17) is 9.84 Å². The van der Waals surface area contributed by atoms with E-state index < -0.39 is 0 Å². The average molecular weight is 277 g/mol. The lowest BCUT2D eigenvalue weighted by atomic mass is 9.75. The lowest BCUT2D eigenvalue weighted by molar-refractivity contribution is 0.231. The Morgan fingerprint density at radius 3 is 2.85 bits per heavy atom. The summed E-state index contributed by atoms with van der Waals surface area (Å²) in [5.74, 6) is 2.23. The van der Waals surface area contributed by atoms with Crippen LogP contribution in [0.3, 0.4) is 0 Å². The van der Waals surface area contributed by atoms with Gasteiger partial charge in [0, 0.05) is 12.6 Å². The Balaban J connectivity index is 1.74. The fourth-order valence-electron chi connectivity index (χ4n) is 2.92. The van der Waals surface area contributed by atoms with E-state index in [2.05, 4.69) is 30.4 Å². The van der Waals surface area contributed by atoms with Gasteiger partial charge in [0.1, 0.15) is 5.75 Å². The molecule has 1 unspecified atom stereocenters. The SMILES string of the molecule is CCC(CCO)CNC1CC(c2cccc(OC)c2)C1. The second-order valence-corrected chi connectivity index (χ2v) is 5.84.